The first-order valence-electron chi connectivity index (χ1n) is 9.65. The maximum Gasteiger partial charge on any atom is 0.200 e. The van der Waals surface area contributed by atoms with Gasteiger partial charge in [0, 0.05) is 17.7 Å². The van der Waals surface area contributed by atoms with Crippen LogP contribution in [0.15, 0.2) is 60.4 Å². The number of carbonyl (C=O) groups excluding carboxylic acids is 1. The smallest absolute Gasteiger partial charge is 0.200 e. The topological polar surface area (TPSA) is 133 Å². The summed E-state index contributed by atoms with van der Waals surface area (Å²) in [7, 11) is 0. The number of thiophene rings is 1. The number of benzene rings is 2. The monoisotopic (exact) mass is 461 g/mol. The SMILES string of the molecule is C=O.Cc1cccc(-c2nc(Nc3cn(-c4cc(O)c(O)c(O)c4)cn3)c3ccsc3n2)c1. The Morgan fingerprint density at radius 2 is 1.79 bits per heavy atom. The van der Waals surface area contributed by atoms with Gasteiger partial charge in [-0.15, -0.1) is 11.3 Å². The van der Waals surface area contributed by atoms with Crippen LogP contribution in [0.2, 0.25) is 0 Å². The van der Waals surface area contributed by atoms with Crippen LogP contribution < -0.4 is 5.32 Å². The molecule has 166 valence electrons. The highest BCUT2D eigenvalue weighted by molar-refractivity contribution is 7.16. The number of aryl methyl sites for hydroxylation is 1. The van der Waals surface area contributed by atoms with Gasteiger partial charge in [-0.05, 0) is 24.4 Å². The second kappa shape index (κ2) is 8.97. The maximum atomic E-state index is 9.76. The standard InChI is InChI=1S/C22H17N5O3S.CH2O/c1-12-3-2-4-13(7-12)20-25-21(15-5-6-31-22(15)26-20)24-18-10-27(11-23-18)14-8-16(28)19(30)17(29)9-14;1-2/h2-11,28-30H,1H3,(H,24,25,26);1H2. The molecule has 3 aromatic heterocycles. The molecule has 5 rings (SSSR count). The molecule has 0 aliphatic heterocycles. The number of fused-ring (bicyclic) bond motifs is 1. The molecule has 0 spiro atoms. The van der Waals surface area contributed by atoms with Crippen molar-refractivity contribution >= 4 is 40.0 Å². The predicted octanol–water partition coefficient (Wildman–Crippen LogP) is 4.53. The van der Waals surface area contributed by atoms with Gasteiger partial charge in [0.2, 0.25) is 0 Å². The van der Waals surface area contributed by atoms with E-state index in [1.807, 2.05) is 49.4 Å². The van der Waals surface area contributed by atoms with Crippen molar-refractivity contribution in [3.8, 4) is 34.3 Å². The quantitative estimate of drug-likeness (QED) is 0.287. The van der Waals surface area contributed by atoms with Gasteiger partial charge in [-0.2, -0.15) is 0 Å². The van der Waals surface area contributed by atoms with Gasteiger partial charge in [-0.3, -0.25) is 0 Å². The molecule has 0 aliphatic carbocycles. The van der Waals surface area contributed by atoms with Crippen LogP contribution in [0.3, 0.4) is 0 Å². The van der Waals surface area contributed by atoms with Crippen LogP contribution in [-0.4, -0.2) is 41.6 Å². The van der Waals surface area contributed by atoms with Crippen molar-refractivity contribution < 1.29 is 20.1 Å². The number of nitrogens with one attached hydrogen (secondary N) is 1. The summed E-state index contributed by atoms with van der Waals surface area (Å²) in [5, 5.41) is 35.2. The highest BCUT2D eigenvalue weighted by atomic mass is 32.1. The molecule has 9 nitrogen and oxygen atoms in total. The van der Waals surface area contributed by atoms with E-state index in [1.54, 1.807) is 10.8 Å². The predicted molar refractivity (Wildman–Crippen MR) is 127 cm³/mol. The zero-order valence-corrected chi connectivity index (χ0v) is 18.2. The number of rotatable bonds is 4. The van der Waals surface area contributed by atoms with Crippen LogP contribution in [0.1, 0.15) is 5.56 Å². The van der Waals surface area contributed by atoms with Gasteiger partial charge < -0.3 is 30.0 Å². The Bertz CT molecular complexity index is 1420. The third kappa shape index (κ3) is 4.32. The summed E-state index contributed by atoms with van der Waals surface area (Å²) < 4.78 is 1.61. The van der Waals surface area contributed by atoms with E-state index in [9.17, 15) is 15.3 Å². The Balaban J connectivity index is 0.00000126. The van der Waals surface area contributed by atoms with Crippen molar-refractivity contribution in [2.24, 2.45) is 0 Å². The lowest BCUT2D eigenvalue weighted by Crippen LogP contribution is -1.98. The first-order valence-corrected chi connectivity index (χ1v) is 10.5. The van der Waals surface area contributed by atoms with E-state index in [0.717, 1.165) is 21.3 Å². The average molecular weight is 462 g/mol. The number of hydrogen-bond donors (Lipinski definition) is 4. The largest absolute Gasteiger partial charge is 0.504 e. The Morgan fingerprint density at radius 3 is 2.52 bits per heavy atom. The number of hydrogen-bond acceptors (Lipinski definition) is 9. The molecule has 0 atom stereocenters. The van der Waals surface area contributed by atoms with E-state index in [4.69, 9.17) is 14.8 Å². The molecule has 33 heavy (non-hydrogen) atoms. The third-order valence-electron chi connectivity index (χ3n) is 4.78. The summed E-state index contributed by atoms with van der Waals surface area (Å²) in [5.41, 5.74) is 2.50. The van der Waals surface area contributed by atoms with Crippen LogP contribution in [0.25, 0.3) is 27.3 Å². The Hall–Kier alpha value is -4.44. The number of carbonyl (C=O) groups is 1. The van der Waals surface area contributed by atoms with E-state index in [1.165, 1.54) is 29.8 Å². The van der Waals surface area contributed by atoms with E-state index in [2.05, 4.69) is 10.3 Å². The Kier molecular flexibility index (Phi) is 5.92. The summed E-state index contributed by atoms with van der Waals surface area (Å²) in [6.45, 7) is 4.03. The molecule has 0 saturated heterocycles. The molecule has 0 aliphatic rings. The van der Waals surface area contributed by atoms with Crippen LogP contribution in [0, 0.1) is 6.92 Å². The maximum absolute atomic E-state index is 9.76. The van der Waals surface area contributed by atoms with Crippen molar-refractivity contribution in [2.45, 2.75) is 6.92 Å². The van der Waals surface area contributed by atoms with E-state index in [0.29, 0.717) is 23.1 Å². The number of nitrogens with zero attached hydrogens (tertiary/aromatic N) is 4. The fourth-order valence-electron chi connectivity index (χ4n) is 3.25. The van der Waals surface area contributed by atoms with Gasteiger partial charge in [-0.25, -0.2) is 15.0 Å². The van der Waals surface area contributed by atoms with E-state index >= 15 is 0 Å². The highest BCUT2D eigenvalue weighted by Gasteiger charge is 2.14. The molecule has 2 aromatic carbocycles. The summed E-state index contributed by atoms with van der Waals surface area (Å²) in [5.74, 6) is 0.368. The van der Waals surface area contributed by atoms with Gasteiger partial charge in [0.1, 0.15) is 29.6 Å². The van der Waals surface area contributed by atoms with Crippen LogP contribution in [-0.2, 0) is 4.79 Å². The second-order valence-electron chi connectivity index (χ2n) is 7.03. The van der Waals surface area contributed by atoms with E-state index in [-0.39, 0.29) is 0 Å². The molecule has 0 fully saturated rings. The summed E-state index contributed by atoms with van der Waals surface area (Å²) in [4.78, 5) is 22.6. The van der Waals surface area contributed by atoms with Crippen molar-refractivity contribution in [3.05, 3.63) is 65.9 Å². The van der Waals surface area contributed by atoms with Crippen molar-refractivity contribution in [3.63, 3.8) is 0 Å². The Morgan fingerprint density at radius 1 is 1.03 bits per heavy atom. The molecule has 5 aromatic rings. The lowest BCUT2D eigenvalue weighted by molar-refractivity contribution is -0.0980. The fraction of sp³-hybridized carbons (Fsp3) is 0.0435. The molecule has 3 heterocycles. The summed E-state index contributed by atoms with van der Waals surface area (Å²) >= 11 is 1.54. The molecule has 0 bridgehead atoms. The van der Waals surface area contributed by atoms with Crippen LogP contribution in [0.5, 0.6) is 17.2 Å². The van der Waals surface area contributed by atoms with Gasteiger partial charge >= 0.3 is 0 Å². The number of phenolic OH excluding ortho intramolecular Hbond substituents is 3. The minimum atomic E-state index is -0.563. The number of imidazole rings is 1. The number of phenols is 3. The highest BCUT2D eigenvalue weighted by Crippen LogP contribution is 2.37. The number of aromatic hydroxyl groups is 3. The van der Waals surface area contributed by atoms with Crippen molar-refractivity contribution in [2.75, 3.05) is 5.32 Å². The molecule has 4 N–H and O–H groups in total. The summed E-state index contributed by atoms with van der Waals surface area (Å²) in [6, 6.07) is 12.6. The molecular weight excluding hydrogens is 442 g/mol. The third-order valence-corrected chi connectivity index (χ3v) is 5.59. The first kappa shape index (κ1) is 21.8. The van der Waals surface area contributed by atoms with Crippen molar-refractivity contribution in [1.29, 1.82) is 0 Å². The van der Waals surface area contributed by atoms with Crippen LogP contribution >= 0.6 is 11.3 Å². The normalized spacial score (nSPS) is 10.6. The van der Waals surface area contributed by atoms with Gasteiger partial charge in [0.25, 0.3) is 0 Å². The molecule has 0 amide bonds. The number of anilines is 2. The lowest BCUT2D eigenvalue weighted by atomic mass is 10.1. The molecule has 0 radical (unpaired) electrons. The fourth-order valence-corrected chi connectivity index (χ4v) is 4.02. The first-order chi connectivity index (χ1) is 16.0. The van der Waals surface area contributed by atoms with E-state index < -0.39 is 17.2 Å². The van der Waals surface area contributed by atoms with Crippen LogP contribution in [0.4, 0.5) is 11.6 Å². The molecule has 0 unspecified atom stereocenters. The second-order valence-corrected chi connectivity index (χ2v) is 7.92. The minimum Gasteiger partial charge on any atom is -0.504 e. The van der Waals surface area contributed by atoms with Gasteiger partial charge in [0.05, 0.1) is 17.3 Å². The average Bonchev–Trinajstić information content (AvgIpc) is 3.48. The zero-order valence-electron chi connectivity index (χ0n) is 17.4. The van der Waals surface area contributed by atoms with Crippen molar-refractivity contribution in [1.82, 2.24) is 19.5 Å². The number of aromatic nitrogens is 4. The molecular formula is C23H19N5O4S. The van der Waals surface area contributed by atoms with Gasteiger partial charge in [0.15, 0.2) is 23.1 Å². The zero-order chi connectivity index (χ0) is 23.5. The summed E-state index contributed by atoms with van der Waals surface area (Å²) in [6.07, 6.45) is 3.22. The Labute approximate surface area is 192 Å². The molecule has 10 heteroatoms. The lowest BCUT2D eigenvalue weighted by Gasteiger charge is -2.08. The van der Waals surface area contributed by atoms with Gasteiger partial charge in [-0.1, -0.05) is 23.8 Å². The minimum absolute atomic E-state index is 0.420. The molecule has 0 saturated carbocycles.